The Kier molecular flexibility index (Phi) is 3.48. The Labute approximate surface area is 107 Å². The van der Waals surface area contributed by atoms with Crippen molar-refractivity contribution in [3.05, 3.63) is 23.0 Å². The smallest absolute Gasteiger partial charge is 0.144 e. The summed E-state index contributed by atoms with van der Waals surface area (Å²) in [7, 11) is 0. The quantitative estimate of drug-likeness (QED) is 0.777. The first-order valence-electron chi connectivity index (χ1n) is 6.00. The van der Waals surface area contributed by atoms with E-state index < -0.39 is 5.82 Å². The summed E-state index contributed by atoms with van der Waals surface area (Å²) in [6, 6.07) is 3.34. The molecule has 1 heterocycles. The molecule has 4 heteroatoms. The van der Waals surface area contributed by atoms with Gasteiger partial charge < -0.3 is 10.6 Å². The highest BCUT2D eigenvalue weighted by molar-refractivity contribution is 6.31. The topological polar surface area (TPSA) is 29.3 Å². The molecule has 0 radical (unpaired) electrons. The molecule has 1 saturated heterocycles. The number of nitrogens with two attached hydrogens (primary N) is 1. The molecular weight excluding hydrogens is 239 g/mol. The fourth-order valence-corrected chi connectivity index (χ4v) is 2.74. The van der Waals surface area contributed by atoms with Gasteiger partial charge in [-0.3, -0.25) is 0 Å². The molecule has 2 nitrogen and oxygen atoms in total. The summed E-state index contributed by atoms with van der Waals surface area (Å²) < 4.78 is 13.5. The van der Waals surface area contributed by atoms with Crippen LogP contribution in [0.4, 0.5) is 15.8 Å². The highest BCUT2D eigenvalue weighted by Gasteiger charge is 2.25. The maximum Gasteiger partial charge on any atom is 0.144 e. The number of piperidine rings is 1. The lowest BCUT2D eigenvalue weighted by Crippen LogP contribution is -2.40. The molecule has 94 valence electrons. The van der Waals surface area contributed by atoms with Crippen LogP contribution in [0.3, 0.4) is 0 Å². The van der Waals surface area contributed by atoms with Crippen molar-refractivity contribution in [2.75, 3.05) is 17.2 Å². The van der Waals surface area contributed by atoms with Crippen molar-refractivity contribution in [2.45, 2.75) is 32.7 Å². The van der Waals surface area contributed by atoms with Gasteiger partial charge in [-0.2, -0.15) is 0 Å². The predicted octanol–water partition coefficient (Wildman–Crippen LogP) is 3.69. The van der Waals surface area contributed by atoms with Crippen LogP contribution >= 0.6 is 11.6 Å². The summed E-state index contributed by atoms with van der Waals surface area (Å²) in [6.45, 7) is 5.33. The number of nitrogens with zero attached hydrogens (tertiary/aromatic N) is 1. The summed E-state index contributed by atoms with van der Waals surface area (Å²) in [5.74, 6) is 0.321. The lowest BCUT2D eigenvalue weighted by molar-refractivity contribution is 0.378. The normalized spacial score (nSPS) is 25.1. The molecule has 0 spiro atoms. The number of anilines is 2. The minimum atomic E-state index is -0.401. The maximum atomic E-state index is 13.5. The second-order valence-corrected chi connectivity index (χ2v) is 5.40. The molecule has 1 aliphatic rings. The van der Waals surface area contributed by atoms with Crippen molar-refractivity contribution in [3.63, 3.8) is 0 Å². The second-order valence-electron chi connectivity index (χ2n) is 5.00. The molecule has 0 bridgehead atoms. The van der Waals surface area contributed by atoms with Crippen molar-refractivity contribution in [1.82, 2.24) is 0 Å². The van der Waals surface area contributed by atoms with E-state index in [1.807, 2.05) is 0 Å². The molecule has 2 N–H and O–H groups in total. The van der Waals surface area contributed by atoms with E-state index in [0.29, 0.717) is 11.7 Å². The van der Waals surface area contributed by atoms with Gasteiger partial charge in [0, 0.05) is 18.7 Å². The fraction of sp³-hybridized carbons (Fsp3) is 0.538. The highest BCUT2D eigenvalue weighted by Crippen LogP contribution is 2.34. The molecule has 0 aliphatic carbocycles. The first-order valence-corrected chi connectivity index (χ1v) is 6.38. The van der Waals surface area contributed by atoms with E-state index in [2.05, 4.69) is 18.7 Å². The van der Waals surface area contributed by atoms with Gasteiger partial charge in [0.25, 0.3) is 0 Å². The lowest BCUT2D eigenvalue weighted by Gasteiger charge is -2.38. The van der Waals surface area contributed by atoms with E-state index in [-0.39, 0.29) is 5.02 Å². The van der Waals surface area contributed by atoms with Gasteiger partial charge in [-0.15, -0.1) is 0 Å². The minimum absolute atomic E-state index is 0.0873. The Morgan fingerprint density at radius 2 is 2.12 bits per heavy atom. The molecule has 2 unspecified atom stereocenters. The molecule has 1 aliphatic heterocycles. The Morgan fingerprint density at radius 1 is 1.41 bits per heavy atom. The SMILES string of the molecule is CC1CCN(c2cc(F)c(Cl)cc2N)C(C)C1. The molecular formula is C13H18ClFN2. The van der Waals surface area contributed by atoms with Gasteiger partial charge in [0.2, 0.25) is 0 Å². The molecule has 0 amide bonds. The van der Waals surface area contributed by atoms with Gasteiger partial charge in [0.15, 0.2) is 0 Å². The van der Waals surface area contributed by atoms with Crippen LogP contribution in [-0.4, -0.2) is 12.6 Å². The number of benzene rings is 1. The predicted molar refractivity (Wildman–Crippen MR) is 71.0 cm³/mol. The minimum Gasteiger partial charge on any atom is -0.397 e. The molecule has 1 fully saturated rings. The molecule has 17 heavy (non-hydrogen) atoms. The van der Waals surface area contributed by atoms with E-state index in [4.69, 9.17) is 17.3 Å². The average Bonchev–Trinajstić information content (AvgIpc) is 2.24. The van der Waals surface area contributed by atoms with Crippen LogP contribution in [0.15, 0.2) is 12.1 Å². The number of hydrogen-bond donors (Lipinski definition) is 1. The third-order valence-corrected chi connectivity index (χ3v) is 3.81. The number of rotatable bonds is 1. The van der Waals surface area contributed by atoms with Crippen LogP contribution in [0.1, 0.15) is 26.7 Å². The summed E-state index contributed by atoms with van der Waals surface area (Å²) >= 11 is 5.71. The van der Waals surface area contributed by atoms with Crippen LogP contribution in [0.5, 0.6) is 0 Å². The molecule has 0 saturated carbocycles. The van der Waals surface area contributed by atoms with Crippen LogP contribution in [0.25, 0.3) is 0 Å². The second kappa shape index (κ2) is 4.73. The molecule has 1 aromatic rings. The first-order chi connectivity index (χ1) is 7.99. The van der Waals surface area contributed by atoms with Crippen molar-refractivity contribution in [2.24, 2.45) is 5.92 Å². The van der Waals surface area contributed by atoms with Gasteiger partial charge in [-0.05, 0) is 31.7 Å². The van der Waals surface area contributed by atoms with E-state index in [1.54, 1.807) is 0 Å². The van der Waals surface area contributed by atoms with Gasteiger partial charge in [0.1, 0.15) is 5.82 Å². The fourth-order valence-electron chi connectivity index (χ4n) is 2.57. The third kappa shape index (κ3) is 2.49. The summed E-state index contributed by atoms with van der Waals surface area (Å²) in [5, 5.41) is 0.0873. The van der Waals surface area contributed by atoms with Crippen molar-refractivity contribution >= 4 is 23.0 Å². The average molecular weight is 257 g/mol. The van der Waals surface area contributed by atoms with Gasteiger partial charge in [-0.1, -0.05) is 18.5 Å². The lowest BCUT2D eigenvalue weighted by atomic mass is 9.93. The maximum absolute atomic E-state index is 13.5. The zero-order valence-electron chi connectivity index (χ0n) is 10.2. The first kappa shape index (κ1) is 12.5. The van der Waals surface area contributed by atoms with E-state index in [1.165, 1.54) is 12.1 Å². The van der Waals surface area contributed by atoms with E-state index in [0.717, 1.165) is 31.0 Å². The Hall–Kier alpha value is -0.960. The third-order valence-electron chi connectivity index (χ3n) is 3.52. The number of halogens is 2. The van der Waals surface area contributed by atoms with Crippen LogP contribution in [0, 0.1) is 11.7 Å². The van der Waals surface area contributed by atoms with Crippen molar-refractivity contribution in [3.8, 4) is 0 Å². The van der Waals surface area contributed by atoms with Crippen molar-refractivity contribution < 1.29 is 4.39 Å². The Bertz CT molecular complexity index is 422. The molecule has 1 aromatic carbocycles. The summed E-state index contributed by atoms with van der Waals surface area (Å²) in [4.78, 5) is 2.18. The molecule has 2 atom stereocenters. The van der Waals surface area contributed by atoms with Gasteiger partial charge in [0.05, 0.1) is 16.4 Å². The summed E-state index contributed by atoms with van der Waals surface area (Å²) in [5.41, 5.74) is 7.25. The van der Waals surface area contributed by atoms with E-state index >= 15 is 0 Å². The van der Waals surface area contributed by atoms with E-state index in [9.17, 15) is 4.39 Å². The molecule has 2 rings (SSSR count). The zero-order chi connectivity index (χ0) is 12.6. The van der Waals surface area contributed by atoms with Gasteiger partial charge >= 0.3 is 0 Å². The summed E-state index contributed by atoms with van der Waals surface area (Å²) in [6.07, 6.45) is 2.23. The molecule has 0 aromatic heterocycles. The number of nitrogen functional groups attached to an aromatic ring is 1. The zero-order valence-corrected chi connectivity index (χ0v) is 11.0. The largest absolute Gasteiger partial charge is 0.397 e. The Morgan fingerprint density at radius 3 is 2.76 bits per heavy atom. The number of hydrogen-bond acceptors (Lipinski definition) is 2. The van der Waals surface area contributed by atoms with Crippen molar-refractivity contribution in [1.29, 1.82) is 0 Å². The standard InChI is InChI=1S/C13H18ClFN2/c1-8-3-4-17(9(2)5-8)13-7-11(15)10(14)6-12(13)16/h6-9H,3-5,16H2,1-2H3. The van der Waals surface area contributed by atoms with Crippen LogP contribution in [-0.2, 0) is 0 Å². The Balaban J connectivity index is 2.31. The monoisotopic (exact) mass is 256 g/mol. The van der Waals surface area contributed by atoms with Crippen LogP contribution < -0.4 is 10.6 Å². The highest BCUT2D eigenvalue weighted by atomic mass is 35.5. The van der Waals surface area contributed by atoms with Gasteiger partial charge in [-0.25, -0.2) is 4.39 Å². The van der Waals surface area contributed by atoms with Crippen LogP contribution in [0.2, 0.25) is 5.02 Å².